The van der Waals surface area contributed by atoms with Crippen LogP contribution in [-0.4, -0.2) is 9.13 Å². The second kappa shape index (κ2) is 9.43. The Bertz CT molecular complexity index is 2690. The molecule has 3 aromatic heterocycles. The Morgan fingerprint density at radius 3 is 1.62 bits per heavy atom. The van der Waals surface area contributed by atoms with Crippen molar-refractivity contribution in [3.05, 3.63) is 158 Å². The molecule has 10 rings (SSSR count). The van der Waals surface area contributed by atoms with Gasteiger partial charge in [0.05, 0.1) is 22.1 Å². The fraction of sp³-hybridized carbons (Fsp3) is 0. The lowest BCUT2D eigenvalue weighted by Gasteiger charge is -2.09. The van der Waals surface area contributed by atoms with Crippen molar-refractivity contribution in [2.75, 3.05) is 0 Å². The Hall–Kier alpha value is -5.64. The molecule has 0 saturated carbocycles. The highest BCUT2D eigenvalue weighted by atomic mass is 32.1. The molecule has 0 aliphatic rings. The van der Waals surface area contributed by atoms with Gasteiger partial charge < -0.3 is 9.13 Å². The molecular formula is C42H26N2S. The average Bonchev–Trinajstić information content (AvgIpc) is 3.76. The third-order valence-electron chi connectivity index (χ3n) is 9.33. The van der Waals surface area contributed by atoms with Gasteiger partial charge in [-0.3, -0.25) is 0 Å². The minimum Gasteiger partial charge on any atom is -0.309 e. The minimum absolute atomic E-state index is 1.18. The molecule has 0 aliphatic carbocycles. The Kier molecular flexibility index (Phi) is 5.19. The molecular weight excluding hydrogens is 565 g/mol. The van der Waals surface area contributed by atoms with Gasteiger partial charge in [-0.2, -0.15) is 0 Å². The average molecular weight is 591 g/mol. The van der Waals surface area contributed by atoms with Gasteiger partial charge >= 0.3 is 0 Å². The number of benzene rings is 7. The first-order chi connectivity index (χ1) is 22.3. The summed E-state index contributed by atoms with van der Waals surface area (Å²) >= 11 is 1.90. The van der Waals surface area contributed by atoms with Gasteiger partial charge in [0.1, 0.15) is 0 Å². The quantitative estimate of drug-likeness (QED) is 0.194. The molecule has 210 valence electrons. The first-order valence-corrected chi connectivity index (χ1v) is 16.2. The van der Waals surface area contributed by atoms with Crippen molar-refractivity contribution in [2.45, 2.75) is 0 Å². The van der Waals surface area contributed by atoms with E-state index in [1.54, 1.807) is 0 Å². The second-order valence-electron chi connectivity index (χ2n) is 11.8. The van der Waals surface area contributed by atoms with Crippen LogP contribution in [0.3, 0.4) is 0 Å². The van der Waals surface area contributed by atoms with Crippen LogP contribution in [0.4, 0.5) is 0 Å². The van der Waals surface area contributed by atoms with Gasteiger partial charge in [-0.25, -0.2) is 0 Å². The van der Waals surface area contributed by atoms with Crippen molar-refractivity contribution in [3.63, 3.8) is 0 Å². The van der Waals surface area contributed by atoms with Crippen LogP contribution in [0.1, 0.15) is 0 Å². The summed E-state index contributed by atoms with van der Waals surface area (Å²) in [5, 5.41) is 7.81. The van der Waals surface area contributed by atoms with Crippen LogP contribution in [0, 0.1) is 0 Å². The number of para-hydroxylation sites is 3. The number of aromatic nitrogens is 2. The van der Waals surface area contributed by atoms with Gasteiger partial charge in [0.25, 0.3) is 0 Å². The maximum atomic E-state index is 2.42. The van der Waals surface area contributed by atoms with Crippen molar-refractivity contribution in [1.29, 1.82) is 0 Å². The highest BCUT2D eigenvalue weighted by molar-refractivity contribution is 7.26. The lowest BCUT2D eigenvalue weighted by Crippen LogP contribution is -1.93. The summed E-state index contributed by atoms with van der Waals surface area (Å²) in [7, 11) is 0. The minimum atomic E-state index is 1.18. The molecule has 2 nitrogen and oxygen atoms in total. The van der Waals surface area contributed by atoms with E-state index < -0.39 is 0 Å². The van der Waals surface area contributed by atoms with Gasteiger partial charge in [0.15, 0.2) is 0 Å². The molecule has 45 heavy (non-hydrogen) atoms. The van der Waals surface area contributed by atoms with Crippen LogP contribution in [0.5, 0.6) is 0 Å². The Balaban J connectivity index is 1.20. The van der Waals surface area contributed by atoms with Gasteiger partial charge in [0, 0.05) is 53.1 Å². The number of nitrogens with zero attached hydrogens (tertiary/aromatic N) is 2. The topological polar surface area (TPSA) is 9.86 Å². The number of rotatable bonds is 3. The molecule has 3 heteroatoms. The number of fused-ring (bicyclic) bond motifs is 10. The van der Waals surface area contributed by atoms with Crippen LogP contribution in [-0.2, 0) is 0 Å². The molecule has 0 saturated heterocycles. The van der Waals surface area contributed by atoms with E-state index in [9.17, 15) is 0 Å². The van der Waals surface area contributed by atoms with Crippen LogP contribution in [0.25, 0.3) is 86.3 Å². The number of hydrogen-bond acceptors (Lipinski definition) is 1. The van der Waals surface area contributed by atoms with Crippen molar-refractivity contribution >= 4 is 75.1 Å². The summed E-state index contributed by atoms with van der Waals surface area (Å²) in [4.78, 5) is 0. The zero-order valence-electron chi connectivity index (χ0n) is 24.3. The molecule has 0 unspecified atom stereocenters. The first kappa shape index (κ1) is 24.8. The van der Waals surface area contributed by atoms with E-state index in [-0.39, 0.29) is 0 Å². The van der Waals surface area contributed by atoms with Crippen LogP contribution >= 0.6 is 11.3 Å². The monoisotopic (exact) mass is 590 g/mol. The van der Waals surface area contributed by atoms with E-state index in [1.165, 1.54) is 86.3 Å². The maximum absolute atomic E-state index is 2.42. The molecule has 0 N–H and O–H groups in total. The summed E-state index contributed by atoms with van der Waals surface area (Å²) in [5.41, 5.74) is 9.78. The van der Waals surface area contributed by atoms with E-state index in [1.807, 2.05) is 11.3 Å². The highest BCUT2D eigenvalue weighted by Gasteiger charge is 2.18. The molecule has 3 heterocycles. The maximum Gasteiger partial charge on any atom is 0.0555 e. The number of hydrogen-bond donors (Lipinski definition) is 0. The van der Waals surface area contributed by atoms with Crippen molar-refractivity contribution in [1.82, 2.24) is 9.13 Å². The van der Waals surface area contributed by atoms with E-state index in [2.05, 4.69) is 167 Å². The van der Waals surface area contributed by atoms with Crippen molar-refractivity contribution in [2.24, 2.45) is 0 Å². The van der Waals surface area contributed by atoms with E-state index in [0.717, 1.165) is 0 Å². The summed E-state index contributed by atoms with van der Waals surface area (Å²) in [5.74, 6) is 0. The first-order valence-electron chi connectivity index (χ1n) is 15.4. The zero-order chi connectivity index (χ0) is 29.5. The summed E-state index contributed by atoms with van der Waals surface area (Å²) in [6.45, 7) is 0. The Morgan fingerprint density at radius 1 is 0.356 bits per heavy atom. The molecule has 0 bridgehead atoms. The molecule has 0 radical (unpaired) electrons. The molecule has 7 aromatic carbocycles. The third-order valence-corrected chi connectivity index (χ3v) is 10.5. The summed E-state index contributed by atoms with van der Waals surface area (Å²) in [6.07, 6.45) is 0. The lowest BCUT2D eigenvalue weighted by molar-refractivity contribution is 1.18. The lowest BCUT2D eigenvalue weighted by atomic mass is 10.1. The zero-order valence-corrected chi connectivity index (χ0v) is 25.1. The normalized spacial score (nSPS) is 12.0. The van der Waals surface area contributed by atoms with Crippen molar-refractivity contribution in [3.8, 4) is 22.5 Å². The molecule has 0 atom stereocenters. The van der Waals surface area contributed by atoms with Gasteiger partial charge in [-0.1, -0.05) is 103 Å². The van der Waals surface area contributed by atoms with Gasteiger partial charge in [-0.15, -0.1) is 11.3 Å². The predicted molar refractivity (Wildman–Crippen MR) is 193 cm³/mol. The highest BCUT2D eigenvalue weighted by Crippen LogP contribution is 2.44. The smallest absolute Gasteiger partial charge is 0.0555 e. The van der Waals surface area contributed by atoms with Crippen molar-refractivity contribution < 1.29 is 0 Å². The van der Waals surface area contributed by atoms with E-state index >= 15 is 0 Å². The predicted octanol–water partition coefficient (Wildman–Crippen LogP) is 11.9. The standard InChI is InChI=1S/C42H26N2S/c1-2-10-27(11-3-1)28-18-20-29(21-19-28)43-38-17-9-6-14-34(38)41-39(43)24-23-33-35-26-30(22-25-40(35)45-42(33)41)44-36-15-7-4-12-31(36)32-13-5-8-16-37(32)44/h1-26H. The SMILES string of the molecule is c1ccc(-c2ccc(-n3c4ccccc4c4c5sc6ccc(-n7c8ccccc8c8ccccc87)cc6c5ccc43)cc2)cc1. The van der Waals surface area contributed by atoms with Gasteiger partial charge in [-0.05, 0) is 65.7 Å². The largest absolute Gasteiger partial charge is 0.309 e. The van der Waals surface area contributed by atoms with Crippen LogP contribution < -0.4 is 0 Å². The Morgan fingerprint density at radius 2 is 0.911 bits per heavy atom. The Labute approximate surface area is 263 Å². The van der Waals surface area contributed by atoms with Crippen LogP contribution in [0.15, 0.2) is 158 Å². The van der Waals surface area contributed by atoms with Crippen LogP contribution in [0.2, 0.25) is 0 Å². The molecule has 10 aromatic rings. The van der Waals surface area contributed by atoms with E-state index in [0.29, 0.717) is 0 Å². The molecule has 0 spiro atoms. The fourth-order valence-corrected chi connectivity index (χ4v) is 8.57. The van der Waals surface area contributed by atoms with Gasteiger partial charge in [0.2, 0.25) is 0 Å². The summed E-state index contributed by atoms with van der Waals surface area (Å²) < 4.78 is 7.49. The molecule has 0 fully saturated rings. The number of thiophene rings is 1. The second-order valence-corrected chi connectivity index (χ2v) is 12.8. The molecule has 0 amide bonds. The third kappa shape index (κ3) is 3.56. The molecule has 0 aliphatic heterocycles. The fourth-order valence-electron chi connectivity index (χ4n) is 7.33. The summed E-state index contributed by atoms with van der Waals surface area (Å²) in [6, 6.07) is 57.5. The van der Waals surface area contributed by atoms with E-state index in [4.69, 9.17) is 0 Å².